The summed E-state index contributed by atoms with van der Waals surface area (Å²) in [5, 5.41) is 2.69. The predicted octanol–water partition coefficient (Wildman–Crippen LogP) is 4.98. The number of primary amides is 1. The van der Waals surface area contributed by atoms with E-state index in [1.54, 1.807) is 30.3 Å². The number of unbranched alkanes of at least 4 members (excludes halogenated alkanes) is 1. The summed E-state index contributed by atoms with van der Waals surface area (Å²) in [5.41, 5.74) is 13.8. The number of benzene rings is 3. The van der Waals surface area contributed by atoms with Crippen LogP contribution in [0.2, 0.25) is 0 Å². The van der Waals surface area contributed by atoms with E-state index in [0.717, 1.165) is 0 Å². The third kappa shape index (κ3) is 5.91. The van der Waals surface area contributed by atoms with E-state index in [2.05, 4.69) is 5.32 Å². The lowest BCUT2D eigenvalue weighted by Crippen LogP contribution is -2.22. The molecule has 0 heterocycles. The largest absolute Gasteiger partial charge is 0.398 e. The summed E-state index contributed by atoms with van der Waals surface area (Å²) in [6, 6.07) is 17.3. The molecule has 1 atom stereocenters. The van der Waals surface area contributed by atoms with Crippen molar-refractivity contribution in [2.24, 2.45) is 5.73 Å². The molecule has 7 heteroatoms. The number of amides is 2. The van der Waals surface area contributed by atoms with Crippen LogP contribution in [-0.2, 0) is 9.59 Å². The average molecular weight is 437 g/mol. The van der Waals surface area contributed by atoms with Gasteiger partial charge in [0.25, 0.3) is 0 Å². The van der Waals surface area contributed by atoms with Gasteiger partial charge in [-0.25, -0.2) is 8.78 Å². The van der Waals surface area contributed by atoms with Gasteiger partial charge in [0.05, 0.1) is 5.92 Å². The highest BCUT2D eigenvalue weighted by molar-refractivity contribution is 5.90. The van der Waals surface area contributed by atoms with Crippen molar-refractivity contribution in [3.63, 3.8) is 0 Å². The third-order valence-electron chi connectivity index (χ3n) is 5.25. The second-order valence-electron chi connectivity index (χ2n) is 7.58. The number of carbonyl (C=O) groups excluding carboxylic acids is 2. The minimum absolute atomic E-state index is 0.167. The number of nitrogen functional groups attached to an aromatic ring is 1. The normalized spacial score (nSPS) is 11.7. The molecular weight excluding hydrogens is 412 g/mol. The van der Waals surface area contributed by atoms with Gasteiger partial charge in [-0.15, -0.1) is 0 Å². The molecule has 0 spiro atoms. The van der Waals surface area contributed by atoms with Gasteiger partial charge in [-0.3, -0.25) is 9.59 Å². The molecule has 0 aromatic heterocycles. The SMILES string of the molecule is NC(=O)C(CCCCC(=O)Nc1ccc(F)cc1)c1cc(-c2ccccc2)c(F)cc1N. The molecule has 5 nitrogen and oxygen atoms in total. The van der Waals surface area contributed by atoms with Gasteiger partial charge in [-0.1, -0.05) is 36.8 Å². The highest BCUT2D eigenvalue weighted by Crippen LogP contribution is 2.33. The molecule has 0 aliphatic rings. The molecule has 5 N–H and O–H groups in total. The topological polar surface area (TPSA) is 98.2 Å². The van der Waals surface area contributed by atoms with Crippen LogP contribution in [0.1, 0.15) is 37.2 Å². The highest BCUT2D eigenvalue weighted by atomic mass is 19.1. The molecule has 0 aliphatic heterocycles. The van der Waals surface area contributed by atoms with Gasteiger partial charge in [0.1, 0.15) is 11.6 Å². The molecule has 0 bridgehead atoms. The van der Waals surface area contributed by atoms with Crippen molar-refractivity contribution < 1.29 is 18.4 Å². The van der Waals surface area contributed by atoms with Crippen molar-refractivity contribution in [3.05, 3.63) is 83.9 Å². The van der Waals surface area contributed by atoms with Crippen LogP contribution in [0.4, 0.5) is 20.2 Å². The second-order valence-corrected chi connectivity index (χ2v) is 7.58. The van der Waals surface area contributed by atoms with Crippen molar-refractivity contribution >= 4 is 23.2 Å². The fourth-order valence-corrected chi connectivity index (χ4v) is 3.59. The van der Waals surface area contributed by atoms with E-state index in [9.17, 15) is 18.4 Å². The predicted molar refractivity (Wildman–Crippen MR) is 122 cm³/mol. The quantitative estimate of drug-likeness (QED) is 0.325. The fraction of sp³-hybridized carbons (Fsp3) is 0.200. The summed E-state index contributed by atoms with van der Waals surface area (Å²) in [4.78, 5) is 24.2. The first-order valence-electron chi connectivity index (χ1n) is 10.3. The molecule has 2 amide bonds. The molecule has 0 aliphatic carbocycles. The maximum Gasteiger partial charge on any atom is 0.225 e. The van der Waals surface area contributed by atoms with E-state index in [1.807, 2.05) is 6.07 Å². The first-order valence-corrected chi connectivity index (χ1v) is 10.3. The summed E-state index contributed by atoms with van der Waals surface area (Å²) in [7, 11) is 0. The zero-order valence-corrected chi connectivity index (χ0v) is 17.5. The van der Waals surface area contributed by atoms with E-state index in [1.165, 1.54) is 30.3 Å². The maximum atomic E-state index is 14.5. The molecule has 0 radical (unpaired) electrons. The maximum absolute atomic E-state index is 14.5. The van der Waals surface area contributed by atoms with Crippen LogP contribution in [0.25, 0.3) is 11.1 Å². The molecule has 3 aromatic rings. The van der Waals surface area contributed by atoms with Crippen molar-refractivity contribution in [1.29, 1.82) is 0 Å². The lowest BCUT2D eigenvalue weighted by Gasteiger charge is -2.18. The summed E-state index contributed by atoms with van der Waals surface area (Å²) in [5.74, 6) is -2.31. The van der Waals surface area contributed by atoms with Crippen LogP contribution in [0.5, 0.6) is 0 Å². The van der Waals surface area contributed by atoms with Crippen LogP contribution in [0.15, 0.2) is 66.7 Å². The minimum atomic E-state index is -0.696. The molecule has 3 aromatic carbocycles. The Bertz CT molecular complexity index is 1090. The van der Waals surface area contributed by atoms with Gasteiger partial charge in [0.15, 0.2) is 0 Å². The Morgan fingerprint density at radius 3 is 2.28 bits per heavy atom. The van der Waals surface area contributed by atoms with Crippen molar-refractivity contribution in [3.8, 4) is 11.1 Å². The number of carbonyl (C=O) groups is 2. The van der Waals surface area contributed by atoms with Crippen LogP contribution in [0, 0.1) is 11.6 Å². The van der Waals surface area contributed by atoms with Crippen molar-refractivity contribution in [2.45, 2.75) is 31.6 Å². The Labute approximate surface area is 185 Å². The minimum Gasteiger partial charge on any atom is -0.398 e. The average Bonchev–Trinajstić information content (AvgIpc) is 2.76. The number of nitrogens with one attached hydrogen (secondary N) is 1. The summed E-state index contributed by atoms with van der Waals surface area (Å²) >= 11 is 0. The second kappa shape index (κ2) is 10.5. The highest BCUT2D eigenvalue weighted by Gasteiger charge is 2.22. The Kier molecular flexibility index (Phi) is 7.54. The van der Waals surface area contributed by atoms with Crippen LogP contribution in [0.3, 0.4) is 0 Å². The van der Waals surface area contributed by atoms with Crippen LogP contribution < -0.4 is 16.8 Å². The Morgan fingerprint density at radius 1 is 0.938 bits per heavy atom. The molecule has 32 heavy (non-hydrogen) atoms. The number of hydrogen-bond donors (Lipinski definition) is 3. The van der Waals surface area contributed by atoms with E-state index in [-0.39, 0.29) is 23.8 Å². The van der Waals surface area contributed by atoms with E-state index in [4.69, 9.17) is 11.5 Å². The van der Waals surface area contributed by atoms with Gasteiger partial charge in [0, 0.05) is 23.4 Å². The van der Waals surface area contributed by atoms with E-state index >= 15 is 0 Å². The smallest absolute Gasteiger partial charge is 0.225 e. The summed E-state index contributed by atoms with van der Waals surface area (Å²) < 4.78 is 27.5. The molecule has 3 rings (SSSR count). The van der Waals surface area contributed by atoms with Gasteiger partial charge in [-0.05, 0) is 60.4 Å². The molecule has 1 unspecified atom stereocenters. The van der Waals surface area contributed by atoms with Crippen LogP contribution >= 0.6 is 0 Å². The standard InChI is InChI=1S/C25H25F2N3O2/c26-17-10-12-18(13-11-17)30-24(31)9-5-4-8-19(25(29)32)21-14-20(22(27)15-23(21)28)16-6-2-1-3-7-16/h1-3,6-7,10-15,19H,4-5,8-9,28H2,(H2,29,32)(H,30,31). The summed E-state index contributed by atoms with van der Waals surface area (Å²) in [6.45, 7) is 0. The molecule has 0 fully saturated rings. The van der Waals surface area contributed by atoms with Gasteiger partial charge >= 0.3 is 0 Å². The Balaban J connectivity index is 1.64. The first-order chi connectivity index (χ1) is 15.3. The van der Waals surface area contributed by atoms with Gasteiger partial charge in [0.2, 0.25) is 11.8 Å². The van der Waals surface area contributed by atoms with Gasteiger partial charge < -0.3 is 16.8 Å². The molecule has 0 saturated heterocycles. The third-order valence-corrected chi connectivity index (χ3v) is 5.25. The monoisotopic (exact) mass is 437 g/mol. The molecule has 0 saturated carbocycles. The number of halogens is 2. The van der Waals surface area contributed by atoms with Gasteiger partial charge in [-0.2, -0.15) is 0 Å². The number of rotatable bonds is 9. The number of nitrogens with two attached hydrogens (primary N) is 2. The lowest BCUT2D eigenvalue weighted by atomic mass is 9.88. The number of hydrogen-bond acceptors (Lipinski definition) is 3. The lowest BCUT2D eigenvalue weighted by molar-refractivity contribution is -0.119. The first kappa shape index (κ1) is 22.9. The zero-order valence-electron chi connectivity index (χ0n) is 17.5. The zero-order chi connectivity index (χ0) is 23.1. The number of anilines is 2. The van der Waals surface area contributed by atoms with Crippen LogP contribution in [-0.4, -0.2) is 11.8 Å². The Morgan fingerprint density at radius 2 is 1.62 bits per heavy atom. The van der Waals surface area contributed by atoms with Crippen molar-refractivity contribution in [1.82, 2.24) is 0 Å². The molecule has 166 valence electrons. The Hall–Kier alpha value is -3.74. The fourth-order valence-electron chi connectivity index (χ4n) is 3.59. The molecular formula is C25H25F2N3O2. The summed E-state index contributed by atoms with van der Waals surface area (Å²) in [6.07, 6.45) is 1.67. The van der Waals surface area contributed by atoms with Crippen molar-refractivity contribution in [2.75, 3.05) is 11.1 Å². The van der Waals surface area contributed by atoms with E-state index in [0.29, 0.717) is 41.6 Å². The van der Waals surface area contributed by atoms with E-state index < -0.39 is 17.6 Å².